The van der Waals surface area contributed by atoms with E-state index in [9.17, 15) is 4.79 Å². The van der Waals surface area contributed by atoms with Gasteiger partial charge >= 0.3 is 0 Å². The number of fused-ring (bicyclic) bond motifs is 1. The molecule has 0 spiro atoms. The molecule has 2 aliphatic carbocycles. The van der Waals surface area contributed by atoms with E-state index in [1.165, 1.54) is 12.8 Å². The number of benzene rings is 1. The molecule has 6 heteroatoms. The van der Waals surface area contributed by atoms with Crippen LogP contribution in [0.25, 0.3) is 10.8 Å². The maximum absolute atomic E-state index is 12.5. The number of hydrogen-bond acceptors (Lipinski definition) is 4. The van der Waals surface area contributed by atoms with Crippen molar-refractivity contribution in [2.75, 3.05) is 0 Å². The third-order valence-corrected chi connectivity index (χ3v) is 5.79. The Morgan fingerprint density at radius 3 is 2.79 bits per heavy atom. The second kappa shape index (κ2) is 7.26. The molecule has 2 fully saturated rings. The van der Waals surface area contributed by atoms with E-state index in [1.54, 1.807) is 6.20 Å². The van der Waals surface area contributed by atoms with E-state index < -0.39 is 0 Å². The van der Waals surface area contributed by atoms with Crippen LogP contribution in [0.2, 0.25) is 0 Å². The van der Waals surface area contributed by atoms with Crippen LogP contribution in [0.5, 0.6) is 5.75 Å². The molecule has 2 saturated carbocycles. The van der Waals surface area contributed by atoms with Crippen molar-refractivity contribution in [1.29, 1.82) is 0 Å². The van der Waals surface area contributed by atoms with Crippen molar-refractivity contribution < 1.29 is 9.53 Å². The van der Waals surface area contributed by atoms with E-state index in [0.717, 1.165) is 47.9 Å². The van der Waals surface area contributed by atoms with Gasteiger partial charge in [-0.1, -0.05) is 12.1 Å². The summed E-state index contributed by atoms with van der Waals surface area (Å²) in [4.78, 5) is 16.6. The predicted molar refractivity (Wildman–Crippen MR) is 106 cm³/mol. The fourth-order valence-electron chi connectivity index (χ4n) is 4.02. The Morgan fingerprint density at radius 2 is 1.96 bits per heavy atom. The van der Waals surface area contributed by atoms with Gasteiger partial charge in [-0.2, -0.15) is 5.10 Å². The van der Waals surface area contributed by atoms with Crippen molar-refractivity contribution in [2.45, 2.75) is 56.6 Å². The zero-order chi connectivity index (χ0) is 18.9. The van der Waals surface area contributed by atoms with Crippen molar-refractivity contribution in [1.82, 2.24) is 20.5 Å². The molecule has 0 atom stereocenters. The molecule has 5 rings (SSSR count). The molecule has 6 nitrogen and oxygen atoms in total. The first-order chi connectivity index (χ1) is 13.8. The number of H-pyrrole nitrogens is 1. The van der Waals surface area contributed by atoms with Crippen LogP contribution in [0, 0.1) is 0 Å². The first kappa shape index (κ1) is 17.2. The van der Waals surface area contributed by atoms with Gasteiger partial charge in [-0.15, -0.1) is 0 Å². The number of carbonyl (C=O) groups is 1. The number of ether oxygens (including phenoxy) is 1. The number of pyridine rings is 1. The van der Waals surface area contributed by atoms with Crippen molar-refractivity contribution in [2.24, 2.45) is 0 Å². The van der Waals surface area contributed by atoms with Crippen LogP contribution in [-0.4, -0.2) is 33.2 Å². The molecule has 2 aliphatic rings. The fraction of sp³-hybridized carbons (Fsp3) is 0.409. The number of aromatic amines is 1. The van der Waals surface area contributed by atoms with Gasteiger partial charge in [0.25, 0.3) is 5.91 Å². The van der Waals surface area contributed by atoms with Gasteiger partial charge in [0.2, 0.25) is 0 Å². The first-order valence-corrected chi connectivity index (χ1v) is 10.1. The average Bonchev–Trinajstić information content (AvgIpc) is 3.46. The highest BCUT2D eigenvalue weighted by Crippen LogP contribution is 2.39. The Bertz CT molecular complexity index is 982. The number of amides is 1. The zero-order valence-corrected chi connectivity index (χ0v) is 15.7. The molecule has 0 bridgehead atoms. The Balaban J connectivity index is 1.16. The van der Waals surface area contributed by atoms with Gasteiger partial charge in [-0.25, -0.2) is 0 Å². The molecule has 28 heavy (non-hydrogen) atoms. The molecular formula is C22H24N4O2. The van der Waals surface area contributed by atoms with Crippen molar-refractivity contribution in [3.05, 3.63) is 54.1 Å². The van der Waals surface area contributed by atoms with E-state index >= 15 is 0 Å². The summed E-state index contributed by atoms with van der Waals surface area (Å²) in [5.41, 5.74) is 1.59. The van der Waals surface area contributed by atoms with E-state index in [1.807, 2.05) is 36.5 Å². The summed E-state index contributed by atoms with van der Waals surface area (Å²) < 4.78 is 6.29. The molecule has 1 amide bonds. The van der Waals surface area contributed by atoms with Gasteiger partial charge in [-0.05, 0) is 56.7 Å². The molecule has 0 radical (unpaired) electrons. The molecule has 2 N–H and O–H groups in total. The van der Waals surface area contributed by atoms with Gasteiger partial charge < -0.3 is 10.1 Å². The molecule has 144 valence electrons. The van der Waals surface area contributed by atoms with Gasteiger partial charge in [0.1, 0.15) is 11.4 Å². The lowest BCUT2D eigenvalue weighted by atomic mass is 9.92. The lowest BCUT2D eigenvalue weighted by Gasteiger charge is -2.29. The predicted octanol–water partition coefficient (Wildman–Crippen LogP) is 3.96. The van der Waals surface area contributed by atoms with E-state index in [-0.39, 0.29) is 18.1 Å². The largest absolute Gasteiger partial charge is 0.490 e. The van der Waals surface area contributed by atoms with Gasteiger partial charge in [0, 0.05) is 40.8 Å². The second-order valence-electron chi connectivity index (χ2n) is 7.90. The number of rotatable bonds is 5. The standard InChI is InChI=1S/C22H24N4O2/c27-22(20-12-19(25-26-20)14-4-5-14)24-16-6-8-17(9-7-16)28-21-3-1-2-15-13-23-11-10-18(15)21/h1-3,10-14,16-17H,4-9H2,(H,24,27)(H,25,26). The number of aromatic nitrogens is 3. The summed E-state index contributed by atoms with van der Waals surface area (Å²) >= 11 is 0. The quantitative estimate of drug-likeness (QED) is 0.706. The molecule has 0 saturated heterocycles. The lowest BCUT2D eigenvalue weighted by molar-refractivity contribution is 0.0890. The molecule has 3 aromatic rings. The molecule has 2 heterocycles. The SMILES string of the molecule is O=C(NC1CCC(Oc2cccc3cnccc23)CC1)c1cc(C2CC2)[nH]n1. The Hall–Kier alpha value is -2.89. The normalized spacial score (nSPS) is 22.1. The van der Waals surface area contributed by atoms with E-state index in [0.29, 0.717) is 11.6 Å². The number of nitrogens with zero attached hydrogens (tertiary/aromatic N) is 2. The van der Waals surface area contributed by atoms with Crippen LogP contribution in [-0.2, 0) is 0 Å². The van der Waals surface area contributed by atoms with Crippen LogP contribution in [0.15, 0.2) is 42.7 Å². The average molecular weight is 376 g/mol. The van der Waals surface area contributed by atoms with Gasteiger partial charge in [0.15, 0.2) is 0 Å². The minimum absolute atomic E-state index is 0.0749. The van der Waals surface area contributed by atoms with Gasteiger partial charge in [-0.3, -0.25) is 14.9 Å². The lowest BCUT2D eigenvalue weighted by Crippen LogP contribution is -2.39. The van der Waals surface area contributed by atoms with Crippen molar-refractivity contribution in [3.63, 3.8) is 0 Å². The Kier molecular flexibility index (Phi) is 4.47. The van der Waals surface area contributed by atoms with Crippen LogP contribution in [0.4, 0.5) is 0 Å². The minimum Gasteiger partial charge on any atom is -0.490 e. The minimum atomic E-state index is -0.0749. The first-order valence-electron chi connectivity index (χ1n) is 10.1. The highest BCUT2D eigenvalue weighted by Gasteiger charge is 2.28. The molecule has 2 aromatic heterocycles. The summed E-state index contributed by atoms with van der Waals surface area (Å²) in [6.45, 7) is 0. The third-order valence-electron chi connectivity index (χ3n) is 5.79. The van der Waals surface area contributed by atoms with Crippen LogP contribution in [0.1, 0.15) is 60.6 Å². The maximum atomic E-state index is 12.5. The molecular weight excluding hydrogens is 352 g/mol. The monoisotopic (exact) mass is 376 g/mol. The van der Waals surface area contributed by atoms with Crippen molar-refractivity contribution in [3.8, 4) is 5.75 Å². The maximum Gasteiger partial charge on any atom is 0.271 e. The number of carbonyl (C=O) groups excluding carboxylic acids is 1. The number of nitrogens with one attached hydrogen (secondary N) is 2. The number of hydrogen-bond donors (Lipinski definition) is 2. The third kappa shape index (κ3) is 3.59. The molecule has 0 aliphatic heterocycles. The second-order valence-corrected chi connectivity index (χ2v) is 7.90. The smallest absolute Gasteiger partial charge is 0.271 e. The summed E-state index contributed by atoms with van der Waals surface area (Å²) in [5.74, 6) is 1.41. The molecule has 1 aromatic carbocycles. The zero-order valence-electron chi connectivity index (χ0n) is 15.7. The highest BCUT2D eigenvalue weighted by atomic mass is 16.5. The summed E-state index contributed by atoms with van der Waals surface area (Å²) in [6, 6.07) is 10.2. The molecule has 0 unspecified atom stereocenters. The summed E-state index contributed by atoms with van der Waals surface area (Å²) in [6.07, 6.45) is 9.93. The summed E-state index contributed by atoms with van der Waals surface area (Å²) in [7, 11) is 0. The van der Waals surface area contributed by atoms with Crippen molar-refractivity contribution >= 4 is 16.7 Å². The van der Waals surface area contributed by atoms with Crippen LogP contribution < -0.4 is 10.1 Å². The van der Waals surface area contributed by atoms with E-state index in [4.69, 9.17) is 4.74 Å². The van der Waals surface area contributed by atoms with Crippen LogP contribution >= 0.6 is 0 Å². The Morgan fingerprint density at radius 1 is 1.11 bits per heavy atom. The van der Waals surface area contributed by atoms with E-state index in [2.05, 4.69) is 20.5 Å². The summed E-state index contributed by atoms with van der Waals surface area (Å²) in [5, 5.41) is 12.5. The topological polar surface area (TPSA) is 79.9 Å². The van der Waals surface area contributed by atoms with Crippen LogP contribution in [0.3, 0.4) is 0 Å². The van der Waals surface area contributed by atoms with Gasteiger partial charge in [0.05, 0.1) is 6.10 Å². The Labute approximate surface area is 163 Å². The highest BCUT2D eigenvalue weighted by molar-refractivity contribution is 5.92. The fourth-order valence-corrected chi connectivity index (χ4v) is 4.02.